The first kappa shape index (κ1) is 16.5. The van der Waals surface area contributed by atoms with Gasteiger partial charge < -0.3 is 20.1 Å². The van der Waals surface area contributed by atoms with E-state index in [0.717, 1.165) is 11.3 Å². The lowest BCUT2D eigenvalue weighted by Gasteiger charge is -2.17. The normalized spacial score (nSPS) is 11.9. The summed E-state index contributed by atoms with van der Waals surface area (Å²) in [5.74, 6) is 0.814. The average Bonchev–Trinajstić information content (AvgIpc) is 2.44. The lowest BCUT2D eigenvalue weighted by Crippen LogP contribution is -2.39. The van der Waals surface area contributed by atoms with Crippen LogP contribution < -0.4 is 15.4 Å². The van der Waals surface area contributed by atoms with Gasteiger partial charge in [0.2, 0.25) is 5.91 Å². The minimum absolute atomic E-state index is 0.0404. The third kappa shape index (κ3) is 6.54. The van der Waals surface area contributed by atoms with Gasteiger partial charge in [-0.2, -0.15) is 0 Å². The van der Waals surface area contributed by atoms with Crippen LogP contribution in [0.15, 0.2) is 24.3 Å². The molecule has 1 aromatic rings. The predicted molar refractivity (Wildman–Crippen MR) is 79.0 cm³/mol. The molecule has 0 bridgehead atoms. The molecular formula is C15H24N2O3. The summed E-state index contributed by atoms with van der Waals surface area (Å²) < 4.78 is 10.7. The van der Waals surface area contributed by atoms with E-state index in [1.807, 2.05) is 38.1 Å². The van der Waals surface area contributed by atoms with E-state index in [1.165, 1.54) is 0 Å². The van der Waals surface area contributed by atoms with Crippen molar-refractivity contribution in [2.24, 2.45) is 0 Å². The summed E-state index contributed by atoms with van der Waals surface area (Å²) in [6, 6.07) is 7.84. The Hall–Kier alpha value is -1.59. The van der Waals surface area contributed by atoms with Crippen LogP contribution in [-0.2, 0) is 9.53 Å². The number of carbonyl (C=O) groups excluding carboxylic acids is 1. The van der Waals surface area contributed by atoms with Gasteiger partial charge >= 0.3 is 0 Å². The van der Waals surface area contributed by atoms with E-state index in [9.17, 15) is 4.79 Å². The molecule has 0 fully saturated rings. The van der Waals surface area contributed by atoms with Gasteiger partial charge in [0.25, 0.3) is 0 Å². The molecule has 1 amide bonds. The maximum atomic E-state index is 11.6. The maximum absolute atomic E-state index is 11.6. The Bertz CT molecular complexity index is 410. The highest BCUT2D eigenvalue weighted by Crippen LogP contribution is 2.17. The first-order valence-corrected chi connectivity index (χ1v) is 6.82. The van der Waals surface area contributed by atoms with Gasteiger partial charge in [-0.3, -0.25) is 4.79 Å². The zero-order chi connectivity index (χ0) is 14.8. The Morgan fingerprint density at radius 1 is 1.35 bits per heavy atom. The first-order chi connectivity index (χ1) is 9.63. The molecule has 0 aliphatic carbocycles. The Morgan fingerprint density at radius 3 is 2.80 bits per heavy atom. The highest BCUT2D eigenvalue weighted by atomic mass is 16.5. The van der Waals surface area contributed by atoms with Crippen molar-refractivity contribution in [1.82, 2.24) is 10.6 Å². The highest BCUT2D eigenvalue weighted by molar-refractivity contribution is 5.77. The van der Waals surface area contributed by atoms with Gasteiger partial charge in [-0.25, -0.2) is 0 Å². The van der Waals surface area contributed by atoms with E-state index in [0.29, 0.717) is 26.2 Å². The summed E-state index contributed by atoms with van der Waals surface area (Å²) in [5.41, 5.74) is 1.09. The van der Waals surface area contributed by atoms with Crippen LogP contribution in [0.4, 0.5) is 0 Å². The van der Waals surface area contributed by atoms with Crippen LogP contribution >= 0.6 is 0 Å². The SMILES string of the molecule is COCCNCC(=O)NCC(C)Oc1ccccc1C. The number of ether oxygens (including phenoxy) is 2. The molecule has 1 atom stereocenters. The van der Waals surface area contributed by atoms with Gasteiger partial charge in [-0.05, 0) is 25.5 Å². The molecule has 0 aliphatic rings. The smallest absolute Gasteiger partial charge is 0.234 e. The summed E-state index contributed by atoms with van der Waals surface area (Å²) in [4.78, 5) is 11.6. The first-order valence-electron chi connectivity index (χ1n) is 6.82. The van der Waals surface area contributed by atoms with Crippen LogP contribution in [0.1, 0.15) is 12.5 Å². The third-order valence-electron chi connectivity index (χ3n) is 2.78. The largest absolute Gasteiger partial charge is 0.489 e. The van der Waals surface area contributed by atoms with E-state index in [-0.39, 0.29) is 12.0 Å². The third-order valence-corrected chi connectivity index (χ3v) is 2.78. The fourth-order valence-corrected chi connectivity index (χ4v) is 1.64. The van der Waals surface area contributed by atoms with Gasteiger partial charge in [0.15, 0.2) is 0 Å². The fourth-order valence-electron chi connectivity index (χ4n) is 1.64. The average molecular weight is 280 g/mol. The minimum Gasteiger partial charge on any atom is -0.489 e. The molecule has 1 aromatic carbocycles. The molecule has 5 heteroatoms. The van der Waals surface area contributed by atoms with Gasteiger partial charge in [-0.15, -0.1) is 0 Å². The molecule has 0 aliphatic heterocycles. The van der Waals surface area contributed by atoms with Crippen LogP contribution in [0.2, 0.25) is 0 Å². The number of rotatable bonds is 9. The van der Waals surface area contributed by atoms with Crippen molar-refractivity contribution in [3.8, 4) is 5.75 Å². The van der Waals surface area contributed by atoms with E-state index in [2.05, 4.69) is 10.6 Å². The zero-order valence-electron chi connectivity index (χ0n) is 12.4. The van der Waals surface area contributed by atoms with Gasteiger partial charge in [0, 0.05) is 13.7 Å². The number of para-hydroxylation sites is 1. The molecule has 0 radical (unpaired) electrons. The lowest BCUT2D eigenvalue weighted by molar-refractivity contribution is -0.120. The molecule has 112 valence electrons. The number of hydrogen-bond acceptors (Lipinski definition) is 4. The Kier molecular flexibility index (Phi) is 7.69. The van der Waals surface area contributed by atoms with Crippen molar-refractivity contribution >= 4 is 5.91 Å². The van der Waals surface area contributed by atoms with E-state index in [1.54, 1.807) is 7.11 Å². The molecule has 0 aromatic heterocycles. The second-order valence-electron chi connectivity index (χ2n) is 4.67. The Morgan fingerprint density at radius 2 is 2.10 bits per heavy atom. The number of methoxy groups -OCH3 is 1. The van der Waals surface area contributed by atoms with Crippen LogP contribution in [0, 0.1) is 6.92 Å². The monoisotopic (exact) mass is 280 g/mol. The van der Waals surface area contributed by atoms with Gasteiger partial charge in [0.05, 0.1) is 19.7 Å². The van der Waals surface area contributed by atoms with Crippen molar-refractivity contribution < 1.29 is 14.3 Å². The van der Waals surface area contributed by atoms with Crippen molar-refractivity contribution in [1.29, 1.82) is 0 Å². The Balaban J connectivity index is 2.21. The summed E-state index contributed by atoms with van der Waals surface area (Å²) in [5, 5.41) is 5.82. The van der Waals surface area contributed by atoms with E-state index < -0.39 is 0 Å². The van der Waals surface area contributed by atoms with Crippen LogP contribution in [0.5, 0.6) is 5.75 Å². The topological polar surface area (TPSA) is 59.6 Å². The highest BCUT2D eigenvalue weighted by Gasteiger charge is 2.07. The summed E-state index contributed by atoms with van der Waals surface area (Å²) >= 11 is 0. The number of aryl methyl sites for hydroxylation is 1. The zero-order valence-corrected chi connectivity index (χ0v) is 12.4. The Labute approximate surface area is 120 Å². The molecule has 20 heavy (non-hydrogen) atoms. The standard InChI is InChI=1S/C15H24N2O3/c1-12-6-4-5-7-14(12)20-13(2)10-17-15(18)11-16-8-9-19-3/h4-7,13,16H,8-11H2,1-3H3,(H,17,18). The van der Waals surface area contributed by atoms with Crippen LogP contribution in [-0.4, -0.2) is 45.4 Å². The summed E-state index contributed by atoms with van der Waals surface area (Å²) in [6.07, 6.45) is -0.0703. The van der Waals surface area contributed by atoms with Crippen molar-refractivity contribution in [3.63, 3.8) is 0 Å². The quantitative estimate of drug-likeness (QED) is 0.665. The van der Waals surface area contributed by atoms with Gasteiger partial charge in [0.1, 0.15) is 11.9 Å². The molecule has 1 unspecified atom stereocenters. The molecule has 0 saturated heterocycles. The predicted octanol–water partition coefficient (Wildman–Crippen LogP) is 1.11. The van der Waals surface area contributed by atoms with E-state index >= 15 is 0 Å². The second-order valence-corrected chi connectivity index (χ2v) is 4.67. The lowest BCUT2D eigenvalue weighted by atomic mass is 10.2. The minimum atomic E-state index is -0.0703. The molecular weight excluding hydrogens is 256 g/mol. The molecule has 0 saturated carbocycles. The number of nitrogens with one attached hydrogen (secondary N) is 2. The van der Waals surface area contributed by atoms with Crippen molar-refractivity contribution in [2.75, 3.05) is 33.4 Å². The summed E-state index contributed by atoms with van der Waals surface area (Å²) in [7, 11) is 1.63. The second kappa shape index (κ2) is 9.34. The molecule has 1 rings (SSSR count). The van der Waals surface area contributed by atoms with Gasteiger partial charge in [-0.1, -0.05) is 18.2 Å². The molecule has 0 spiro atoms. The number of amides is 1. The van der Waals surface area contributed by atoms with Crippen LogP contribution in [0.3, 0.4) is 0 Å². The maximum Gasteiger partial charge on any atom is 0.234 e. The molecule has 0 heterocycles. The molecule has 5 nitrogen and oxygen atoms in total. The van der Waals surface area contributed by atoms with E-state index in [4.69, 9.17) is 9.47 Å². The number of carbonyl (C=O) groups is 1. The fraction of sp³-hybridized carbons (Fsp3) is 0.533. The number of benzene rings is 1. The summed E-state index contributed by atoms with van der Waals surface area (Å²) in [6.45, 7) is 5.98. The molecule has 2 N–H and O–H groups in total. The van der Waals surface area contributed by atoms with Crippen molar-refractivity contribution in [2.45, 2.75) is 20.0 Å². The van der Waals surface area contributed by atoms with Crippen molar-refractivity contribution in [3.05, 3.63) is 29.8 Å². The van der Waals surface area contributed by atoms with Crippen LogP contribution in [0.25, 0.3) is 0 Å². The number of hydrogen-bond donors (Lipinski definition) is 2.